The molecular weight excluding hydrogens is 230 g/mol. The number of benzene rings is 2. The van der Waals surface area contributed by atoms with Crippen molar-refractivity contribution in [2.45, 2.75) is 39.7 Å². The highest BCUT2D eigenvalue weighted by Gasteiger charge is 2.09. The SMILES string of the molecule is Cc1ccc(C)c(CC(N)Cc2ccccc2C)c1. The van der Waals surface area contributed by atoms with Gasteiger partial charge in [-0.05, 0) is 55.9 Å². The first-order valence-electron chi connectivity index (χ1n) is 6.92. The lowest BCUT2D eigenvalue weighted by Crippen LogP contribution is -2.26. The Morgan fingerprint density at radius 1 is 0.842 bits per heavy atom. The number of hydrogen-bond acceptors (Lipinski definition) is 1. The minimum absolute atomic E-state index is 0.182. The summed E-state index contributed by atoms with van der Waals surface area (Å²) in [7, 11) is 0. The minimum Gasteiger partial charge on any atom is -0.327 e. The molecule has 0 bridgehead atoms. The lowest BCUT2D eigenvalue weighted by molar-refractivity contribution is 0.660. The molecule has 19 heavy (non-hydrogen) atoms. The van der Waals surface area contributed by atoms with Gasteiger partial charge in [0.05, 0.1) is 0 Å². The van der Waals surface area contributed by atoms with Crippen LogP contribution in [0.1, 0.15) is 27.8 Å². The second-order valence-electron chi connectivity index (χ2n) is 5.52. The zero-order valence-corrected chi connectivity index (χ0v) is 12.1. The van der Waals surface area contributed by atoms with Crippen molar-refractivity contribution in [2.24, 2.45) is 5.73 Å². The largest absolute Gasteiger partial charge is 0.327 e. The predicted molar refractivity (Wildman–Crippen MR) is 82.5 cm³/mol. The van der Waals surface area contributed by atoms with Gasteiger partial charge in [-0.15, -0.1) is 0 Å². The molecule has 0 radical (unpaired) electrons. The number of rotatable bonds is 4. The van der Waals surface area contributed by atoms with Crippen LogP contribution in [0.2, 0.25) is 0 Å². The molecule has 0 heterocycles. The third-order valence-electron chi connectivity index (χ3n) is 3.73. The van der Waals surface area contributed by atoms with Gasteiger partial charge in [0.2, 0.25) is 0 Å². The molecule has 100 valence electrons. The predicted octanol–water partition coefficient (Wildman–Crippen LogP) is 3.72. The van der Waals surface area contributed by atoms with E-state index in [4.69, 9.17) is 5.73 Å². The molecule has 0 aromatic heterocycles. The standard InChI is InChI=1S/C18H23N/c1-13-8-9-15(3)17(10-13)12-18(19)11-16-7-5-4-6-14(16)2/h4-10,18H,11-12,19H2,1-3H3. The normalized spacial score (nSPS) is 12.4. The lowest BCUT2D eigenvalue weighted by Gasteiger charge is -2.15. The van der Waals surface area contributed by atoms with Crippen LogP contribution in [-0.2, 0) is 12.8 Å². The van der Waals surface area contributed by atoms with Crippen molar-refractivity contribution in [3.8, 4) is 0 Å². The summed E-state index contributed by atoms with van der Waals surface area (Å²) in [5.74, 6) is 0. The maximum absolute atomic E-state index is 6.33. The number of hydrogen-bond donors (Lipinski definition) is 1. The van der Waals surface area contributed by atoms with Crippen molar-refractivity contribution in [1.29, 1.82) is 0 Å². The van der Waals surface area contributed by atoms with Crippen LogP contribution in [0.4, 0.5) is 0 Å². The van der Waals surface area contributed by atoms with Gasteiger partial charge in [0.15, 0.2) is 0 Å². The fourth-order valence-electron chi connectivity index (χ4n) is 2.50. The van der Waals surface area contributed by atoms with Crippen molar-refractivity contribution < 1.29 is 0 Å². The molecule has 0 fully saturated rings. The first-order chi connectivity index (χ1) is 9.06. The maximum atomic E-state index is 6.33. The molecule has 1 unspecified atom stereocenters. The summed E-state index contributed by atoms with van der Waals surface area (Å²) in [5.41, 5.74) is 13.0. The molecule has 0 aliphatic heterocycles. The molecule has 0 spiro atoms. The van der Waals surface area contributed by atoms with Gasteiger partial charge in [-0.25, -0.2) is 0 Å². The van der Waals surface area contributed by atoms with Gasteiger partial charge in [0.25, 0.3) is 0 Å². The van der Waals surface area contributed by atoms with Gasteiger partial charge >= 0.3 is 0 Å². The summed E-state index contributed by atoms with van der Waals surface area (Å²) in [5, 5.41) is 0. The second-order valence-corrected chi connectivity index (χ2v) is 5.52. The zero-order chi connectivity index (χ0) is 13.8. The average Bonchev–Trinajstić information content (AvgIpc) is 2.37. The van der Waals surface area contributed by atoms with Gasteiger partial charge in [-0.2, -0.15) is 0 Å². The maximum Gasteiger partial charge on any atom is 0.0120 e. The molecule has 2 aromatic carbocycles. The Kier molecular flexibility index (Phi) is 4.39. The Morgan fingerprint density at radius 3 is 2.21 bits per heavy atom. The van der Waals surface area contributed by atoms with E-state index in [1.807, 2.05) is 0 Å². The summed E-state index contributed by atoms with van der Waals surface area (Å²) in [6, 6.07) is 15.3. The third kappa shape index (κ3) is 3.68. The van der Waals surface area contributed by atoms with Crippen LogP contribution in [0.3, 0.4) is 0 Å². The van der Waals surface area contributed by atoms with Crippen molar-refractivity contribution in [1.82, 2.24) is 0 Å². The number of nitrogens with two attached hydrogens (primary N) is 1. The molecule has 1 nitrogen and oxygen atoms in total. The van der Waals surface area contributed by atoms with Crippen molar-refractivity contribution in [3.63, 3.8) is 0 Å². The van der Waals surface area contributed by atoms with Crippen LogP contribution in [0, 0.1) is 20.8 Å². The second kappa shape index (κ2) is 6.03. The summed E-state index contributed by atoms with van der Waals surface area (Å²) in [6.07, 6.45) is 1.89. The summed E-state index contributed by atoms with van der Waals surface area (Å²) in [6.45, 7) is 6.45. The van der Waals surface area contributed by atoms with E-state index < -0.39 is 0 Å². The molecule has 0 aliphatic carbocycles. The average molecular weight is 253 g/mol. The molecular formula is C18H23N. The van der Waals surface area contributed by atoms with Crippen LogP contribution in [0.15, 0.2) is 42.5 Å². The van der Waals surface area contributed by atoms with E-state index in [1.165, 1.54) is 27.8 Å². The van der Waals surface area contributed by atoms with Gasteiger partial charge in [0.1, 0.15) is 0 Å². The van der Waals surface area contributed by atoms with Gasteiger partial charge < -0.3 is 5.73 Å². The zero-order valence-electron chi connectivity index (χ0n) is 12.1. The van der Waals surface area contributed by atoms with E-state index in [-0.39, 0.29) is 6.04 Å². The number of aryl methyl sites for hydroxylation is 3. The highest BCUT2D eigenvalue weighted by molar-refractivity contribution is 5.32. The van der Waals surface area contributed by atoms with E-state index in [0.29, 0.717) is 0 Å². The summed E-state index contributed by atoms with van der Waals surface area (Å²) >= 11 is 0. The van der Waals surface area contributed by atoms with E-state index in [0.717, 1.165) is 12.8 Å². The summed E-state index contributed by atoms with van der Waals surface area (Å²) in [4.78, 5) is 0. The fraction of sp³-hybridized carbons (Fsp3) is 0.333. The van der Waals surface area contributed by atoms with E-state index in [2.05, 4.69) is 63.2 Å². The fourth-order valence-corrected chi connectivity index (χ4v) is 2.50. The highest BCUT2D eigenvalue weighted by Crippen LogP contribution is 2.15. The van der Waals surface area contributed by atoms with E-state index in [9.17, 15) is 0 Å². The Bertz CT molecular complexity index is 557. The van der Waals surface area contributed by atoms with E-state index >= 15 is 0 Å². The van der Waals surface area contributed by atoms with Crippen LogP contribution in [0.5, 0.6) is 0 Å². The van der Waals surface area contributed by atoms with Crippen molar-refractivity contribution in [3.05, 3.63) is 70.3 Å². The minimum atomic E-state index is 0.182. The van der Waals surface area contributed by atoms with Crippen LogP contribution < -0.4 is 5.73 Å². The van der Waals surface area contributed by atoms with Crippen molar-refractivity contribution >= 4 is 0 Å². The smallest absolute Gasteiger partial charge is 0.0120 e. The molecule has 0 saturated carbocycles. The lowest BCUT2D eigenvalue weighted by atomic mass is 9.94. The summed E-state index contributed by atoms with van der Waals surface area (Å²) < 4.78 is 0. The molecule has 2 rings (SSSR count). The first-order valence-corrected chi connectivity index (χ1v) is 6.92. The monoisotopic (exact) mass is 253 g/mol. The van der Waals surface area contributed by atoms with Crippen molar-refractivity contribution in [2.75, 3.05) is 0 Å². The Hall–Kier alpha value is -1.60. The van der Waals surface area contributed by atoms with Crippen LogP contribution in [-0.4, -0.2) is 6.04 Å². The molecule has 0 aliphatic rings. The Morgan fingerprint density at radius 2 is 1.47 bits per heavy atom. The van der Waals surface area contributed by atoms with Gasteiger partial charge in [-0.3, -0.25) is 0 Å². The molecule has 1 atom stereocenters. The highest BCUT2D eigenvalue weighted by atomic mass is 14.6. The van der Waals surface area contributed by atoms with E-state index in [1.54, 1.807) is 0 Å². The van der Waals surface area contributed by atoms with Crippen LogP contribution in [0.25, 0.3) is 0 Å². The van der Waals surface area contributed by atoms with Gasteiger partial charge in [0, 0.05) is 6.04 Å². The molecule has 1 heteroatoms. The topological polar surface area (TPSA) is 26.0 Å². The molecule has 2 aromatic rings. The Balaban J connectivity index is 2.07. The van der Waals surface area contributed by atoms with Crippen LogP contribution >= 0.6 is 0 Å². The third-order valence-corrected chi connectivity index (χ3v) is 3.73. The first kappa shape index (κ1) is 13.8. The molecule has 0 saturated heterocycles. The quantitative estimate of drug-likeness (QED) is 0.883. The van der Waals surface area contributed by atoms with Gasteiger partial charge in [-0.1, -0.05) is 48.0 Å². The molecule has 2 N–H and O–H groups in total. The Labute approximate surface area is 116 Å². The molecule has 0 amide bonds.